The molecule has 122 valence electrons. The summed E-state index contributed by atoms with van der Waals surface area (Å²) in [7, 11) is 0. The lowest BCUT2D eigenvalue weighted by atomic mass is 10.1. The van der Waals surface area contributed by atoms with Gasteiger partial charge < -0.3 is 5.11 Å². The molecule has 7 nitrogen and oxygen atoms in total. The zero-order valence-electron chi connectivity index (χ0n) is 12.9. The number of benzene rings is 2. The van der Waals surface area contributed by atoms with Gasteiger partial charge in [0.15, 0.2) is 0 Å². The maximum absolute atomic E-state index is 12.6. The Bertz CT molecular complexity index is 981. The van der Waals surface area contributed by atoms with Crippen LogP contribution in [0.25, 0.3) is 10.9 Å². The van der Waals surface area contributed by atoms with E-state index in [-0.39, 0.29) is 17.8 Å². The van der Waals surface area contributed by atoms with Gasteiger partial charge in [0, 0.05) is 12.1 Å². The lowest BCUT2D eigenvalue weighted by Gasteiger charge is -2.15. The molecule has 0 aliphatic carbocycles. The molecule has 0 amide bonds. The topological polar surface area (TPSA) is 98.3 Å². The standard InChI is InChI=1S/C17H15N3O4/c1-11-18-15-8-3-2-7-14(15)17(22)19(11)10-16(21)12-5-4-6-13(9-12)20(23)24/h2-9,16,21H,10H2,1H3. The number of non-ortho nitro benzene ring substituents is 1. The van der Waals surface area contributed by atoms with Crippen molar-refractivity contribution in [1.29, 1.82) is 0 Å². The van der Waals surface area contributed by atoms with E-state index in [1.165, 1.54) is 22.8 Å². The smallest absolute Gasteiger partial charge is 0.269 e. The van der Waals surface area contributed by atoms with Gasteiger partial charge in [0.2, 0.25) is 0 Å². The van der Waals surface area contributed by atoms with Crippen LogP contribution < -0.4 is 5.56 Å². The molecule has 0 aliphatic rings. The summed E-state index contributed by atoms with van der Waals surface area (Å²) < 4.78 is 1.38. The summed E-state index contributed by atoms with van der Waals surface area (Å²) in [4.78, 5) is 27.3. The molecule has 3 rings (SSSR count). The second kappa shape index (κ2) is 6.21. The molecule has 1 N–H and O–H groups in total. The van der Waals surface area contributed by atoms with Crippen molar-refractivity contribution in [3.05, 3.63) is 80.4 Å². The molecule has 0 saturated carbocycles. The maximum Gasteiger partial charge on any atom is 0.269 e. The van der Waals surface area contributed by atoms with Gasteiger partial charge >= 0.3 is 0 Å². The summed E-state index contributed by atoms with van der Waals surface area (Å²) >= 11 is 0. The highest BCUT2D eigenvalue weighted by molar-refractivity contribution is 5.77. The van der Waals surface area contributed by atoms with Crippen molar-refractivity contribution >= 4 is 16.6 Å². The van der Waals surface area contributed by atoms with Crippen molar-refractivity contribution in [2.75, 3.05) is 0 Å². The summed E-state index contributed by atoms with van der Waals surface area (Å²) in [5.41, 5.74) is 0.625. The minimum atomic E-state index is -1.05. The molecule has 7 heteroatoms. The number of hydrogen-bond donors (Lipinski definition) is 1. The summed E-state index contributed by atoms with van der Waals surface area (Å²) in [6.45, 7) is 1.66. The number of aliphatic hydroxyl groups excluding tert-OH is 1. The van der Waals surface area contributed by atoms with E-state index >= 15 is 0 Å². The first-order valence-electron chi connectivity index (χ1n) is 7.36. The second-order valence-corrected chi connectivity index (χ2v) is 5.46. The minimum Gasteiger partial charge on any atom is -0.387 e. The third kappa shape index (κ3) is 2.89. The first-order valence-corrected chi connectivity index (χ1v) is 7.36. The molecule has 0 fully saturated rings. The number of nitro groups is 1. The van der Waals surface area contributed by atoms with Crippen molar-refractivity contribution in [2.45, 2.75) is 19.6 Å². The summed E-state index contributed by atoms with van der Waals surface area (Å²) in [5, 5.41) is 21.7. The lowest BCUT2D eigenvalue weighted by molar-refractivity contribution is -0.385. The fourth-order valence-corrected chi connectivity index (χ4v) is 2.62. The van der Waals surface area contributed by atoms with Crippen LogP contribution in [0.5, 0.6) is 0 Å². The van der Waals surface area contributed by atoms with Gasteiger partial charge in [-0.3, -0.25) is 19.5 Å². The van der Waals surface area contributed by atoms with Gasteiger partial charge in [0.05, 0.1) is 28.5 Å². The molecule has 1 heterocycles. The Kier molecular flexibility index (Phi) is 4.09. The molecular formula is C17H15N3O4. The van der Waals surface area contributed by atoms with Crippen LogP contribution in [0.3, 0.4) is 0 Å². The number of hydrogen-bond acceptors (Lipinski definition) is 5. The number of nitrogens with zero attached hydrogens (tertiary/aromatic N) is 3. The van der Waals surface area contributed by atoms with Gasteiger partial charge in [0.1, 0.15) is 5.82 Å². The van der Waals surface area contributed by atoms with Gasteiger partial charge in [-0.05, 0) is 24.6 Å². The van der Waals surface area contributed by atoms with Crippen LogP contribution in [0.15, 0.2) is 53.3 Å². The van der Waals surface area contributed by atoms with Crippen LogP contribution in [0, 0.1) is 17.0 Å². The van der Waals surface area contributed by atoms with Crippen LogP contribution in [0.4, 0.5) is 5.69 Å². The predicted molar refractivity (Wildman–Crippen MR) is 88.8 cm³/mol. The third-order valence-electron chi connectivity index (χ3n) is 3.87. The number of nitro benzene ring substituents is 1. The molecule has 0 bridgehead atoms. The quantitative estimate of drug-likeness (QED) is 0.586. The van der Waals surface area contributed by atoms with Gasteiger partial charge in [-0.1, -0.05) is 24.3 Å². The molecule has 1 atom stereocenters. The van der Waals surface area contributed by atoms with Crippen molar-refractivity contribution in [2.24, 2.45) is 0 Å². The fourth-order valence-electron chi connectivity index (χ4n) is 2.62. The molecule has 0 spiro atoms. The van der Waals surface area contributed by atoms with Crippen LogP contribution >= 0.6 is 0 Å². The molecule has 1 unspecified atom stereocenters. The highest BCUT2D eigenvalue weighted by atomic mass is 16.6. The SMILES string of the molecule is Cc1nc2ccccc2c(=O)n1CC(O)c1cccc([N+](=O)[O-])c1. The van der Waals surface area contributed by atoms with Crippen molar-refractivity contribution < 1.29 is 10.0 Å². The Labute approximate surface area is 137 Å². The zero-order valence-corrected chi connectivity index (χ0v) is 12.9. The largest absolute Gasteiger partial charge is 0.387 e. The lowest BCUT2D eigenvalue weighted by Crippen LogP contribution is -2.26. The summed E-state index contributed by atoms with van der Waals surface area (Å²) in [6, 6.07) is 12.7. The highest BCUT2D eigenvalue weighted by Gasteiger charge is 2.16. The third-order valence-corrected chi connectivity index (χ3v) is 3.87. The highest BCUT2D eigenvalue weighted by Crippen LogP contribution is 2.20. The summed E-state index contributed by atoms with van der Waals surface area (Å²) in [6.07, 6.45) is -1.05. The number of fused-ring (bicyclic) bond motifs is 1. The van der Waals surface area contributed by atoms with E-state index < -0.39 is 11.0 Å². The Morgan fingerprint density at radius 1 is 1.25 bits per heavy atom. The fraction of sp³-hybridized carbons (Fsp3) is 0.176. The number of aliphatic hydroxyl groups is 1. The first kappa shape index (κ1) is 15.8. The number of aromatic nitrogens is 2. The Hall–Kier alpha value is -3.06. The van der Waals surface area contributed by atoms with E-state index in [0.29, 0.717) is 22.3 Å². The summed E-state index contributed by atoms with van der Waals surface area (Å²) in [5.74, 6) is 0.475. The molecular weight excluding hydrogens is 310 g/mol. The van der Waals surface area contributed by atoms with Crippen LogP contribution in [-0.2, 0) is 6.54 Å². The van der Waals surface area contributed by atoms with E-state index in [9.17, 15) is 20.0 Å². The van der Waals surface area contributed by atoms with Crippen molar-refractivity contribution in [1.82, 2.24) is 9.55 Å². The molecule has 1 aromatic heterocycles. The number of rotatable bonds is 4. The zero-order chi connectivity index (χ0) is 17.3. The normalized spacial score (nSPS) is 12.2. The Morgan fingerprint density at radius 3 is 2.75 bits per heavy atom. The van der Waals surface area contributed by atoms with Gasteiger partial charge in [-0.15, -0.1) is 0 Å². The van der Waals surface area contributed by atoms with E-state index in [1.807, 2.05) is 0 Å². The minimum absolute atomic E-state index is 0.0241. The van der Waals surface area contributed by atoms with Crippen molar-refractivity contribution in [3.8, 4) is 0 Å². The van der Waals surface area contributed by atoms with E-state index in [1.54, 1.807) is 37.3 Å². The van der Waals surface area contributed by atoms with Crippen molar-refractivity contribution in [3.63, 3.8) is 0 Å². The maximum atomic E-state index is 12.6. The molecule has 0 saturated heterocycles. The molecule has 2 aromatic carbocycles. The second-order valence-electron chi connectivity index (χ2n) is 5.46. The average molecular weight is 325 g/mol. The van der Waals surface area contributed by atoms with E-state index in [0.717, 1.165) is 0 Å². The first-order chi connectivity index (χ1) is 11.5. The van der Waals surface area contributed by atoms with Crippen LogP contribution in [-0.4, -0.2) is 19.6 Å². The Morgan fingerprint density at radius 2 is 2.00 bits per heavy atom. The molecule has 0 radical (unpaired) electrons. The predicted octanol–water partition coefficient (Wildman–Crippen LogP) is 2.35. The van der Waals surface area contributed by atoms with Gasteiger partial charge in [-0.25, -0.2) is 4.98 Å². The van der Waals surface area contributed by atoms with Gasteiger partial charge in [-0.2, -0.15) is 0 Å². The van der Waals surface area contributed by atoms with Crippen LogP contribution in [0.1, 0.15) is 17.5 Å². The Balaban J connectivity index is 1.99. The van der Waals surface area contributed by atoms with E-state index in [2.05, 4.69) is 4.98 Å². The van der Waals surface area contributed by atoms with Gasteiger partial charge in [0.25, 0.3) is 11.2 Å². The van der Waals surface area contributed by atoms with E-state index in [4.69, 9.17) is 0 Å². The monoisotopic (exact) mass is 325 g/mol. The van der Waals surface area contributed by atoms with Crippen LogP contribution in [0.2, 0.25) is 0 Å². The molecule has 0 aliphatic heterocycles. The molecule has 3 aromatic rings. The number of para-hydroxylation sites is 1. The average Bonchev–Trinajstić information content (AvgIpc) is 2.58. The number of aryl methyl sites for hydroxylation is 1. The molecule has 24 heavy (non-hydrogen) atoms.